The first-order chi connectivity index (χ1) is 14.0. The number of fused-ring (bicyclic) bond motifs is 1. The number of hydrogen-bond donors (Lipinski definition) is 1. The maximum Gasteiger partial charge on any atom is 0.258 e. The molecule has 0 saturated carbocycles. The number of amides is 1. The van der Waals surface area contributed by atoms with Crippen LogP contribution in [0.3, 0.4) is 0 Å². The van der Waals surface area contributed by atoms with Gasteiger partial charge in [0.25, 0.3) is 5.91 Å². The van der Waals surface area contributed by atoms with Crippen LogP contribution in [0, 0.1) is 0 Å². The van der Waals surface area contributed by atoms with Gasteiger partial charge in [-0.2, -0.15) is 0 Å². The smallest absolute Gasteiger partial charge is 0.258 e. The predicted octanol–water partition coefficient (Wildman–Crippen LogP) is 3.15. The minimum atomic E-state index is -3.66. The van der Waals surface area contributed by atoms with E-state index in [1.807, 2.05) is 25.1 Å². The Balaban J connectivity index is 1.58. The Bertz CT molecular complexity index is 1130. The molecule has 4 rings (SSSR count). The summed E-state index contributed by atoms with van der Waals surface area (Å²) >= 11 is 0. The number of carbonyl (C=O) groups excluding carboxylic acids is 1. The van der Waals surface area contributed by atoms with E-state index in [-0.39, 0.29) is 23.4 Å². The first-order valence-electron chi connectivity index (χ1n) is 9.36. The average molecular weight is 407 g/mol. The predicted molar refractivity (Wildman–Crippen MR) is 111 cm³/mol. The number of benzene rings is 2. The molecule has 7 heteroatoms. The van der Waals surface area contributed by atoms with E-state index in [9.17, 15) is 13.2 Å². The van der Waals surface area contributed by atoms with Crippen molar-refractivity contribution in [3.63, 3.8) is 0 Å². The van der Waals surface area contributed by atoms with Gasteiger partial charge in [0, 0.05) is 36.2 Å². The Morgan fingerprint density at radius 1 is 1.10 bits per heavy atom. The Labute approximate surface area is 170 Å². The molecule has 0 unspecified atom stereocenters. The molecule has 2 heterocycles. The van der Waals surface area contributed by atoms with Crippen LogP contribution in [0.1, 0.15) is 28.4 Å². The van der Waals surface area contributed by atoms with Crippen LogP contribution in [0.25, 0.3) is 0 Å². The average Bonchev–Trinajstić information content (AvgIpc) is 3.08. The van der Waals surface area contributed by atoms with Crippen molar-refractivity contribution in [1.29, 1.82) is 0 Å². The fraction of sp³-hybridized carbons (Fsp3) is 0.182. The summed E-state index contributed by atoms with van der Waals surface area (Å²) in [4.78, 5) is 18.8. The van der Waals surface area contributed by atoms with Crippen LogP contribution >= 0.6 is 0 Å². The normalized spacial score (nSPS) is 15.9. The summed E-state index contributed by atoms with van der Waals surface area (Å²) in [7, 11) is -3.66. The fourth-order valence-corrected chi connectivity index (χ4v) is 4.63. The highest BCUT2D eigenvalue weighted by molar-refractivity contribution is 7.89. The van der Waals surface area contributed by atoms with Gasteiger partial charge in [-0.3, -0.25) is 9.78 Å². The monoisotopic (exact) mass is 407 g/mol. The Hall–Kier alpha value is -3.03. The van der Waals surface area contributed by atoms with Gasteiger partial charge in [-0.1, -0.05) is 18.2 Å². The molecule has 1 aliphatic heterocycles. The SMILES string of the molecule is C[C@H]1Cc2cc(S(=O)(=O)NCc3ccncc3)ccc2N1C(=O)c1ccccc1. The molecule has 0 aliphatic carbocycles. The van der Waals surface area contributed by atoms with Gasteiger partial charge < -0.3 is 4.90 Å². The van der Waals surface area contributed by atoms with E-state index in [4.69, 9.17) is 0 Å². The molecule has 1 aromatic heterocycles. The van der Waals surface area contributed by atoms with Crippen molar-refractivity contribution in [2.45, 2.75) is 30.8 Å². The van der Waals surface area contributed by atoms with Crippen LogP contribution < -0.4 is 9.62 Å². The second kappa shape index (κ2) is 7.77. The van der Waals surface area contributed by atoms with Gasteiger partial charge in [0.1, 0.15) is 0 Å². The van der Waals surface area contributed by atoms with Gasteiger partial charge in [0.15, 0.2) is 0 Å². The molecule has 6 nitrogen and oxygen atoms in total. The maximum absolute atomic E-state index is 13.0. The summed E-state index contributed by atoms with van der Waals surface area (Å²) in [6.45, 7) is 2.16. The van der Waals surface area contributed by atoms with E-state index in [1.54, 1.807) is 59.8 Å². The second-order valence-corrected chi connectivity index (χ2v) is 8.83. The molecule has 29 heavy (non-hydrogen) atoms. The van der Waals surface area contributed by atoms with E-state index in [0.717, 1.165) is 16.8 Å². The molecular weight excluding hydrogens is 386 g/mol. The second-order valence-electron chi connectivity index (χ2n) is 7.06. The number of pyridine rings is 1. The molecule has 0 bridgehead atoms. The molecule has 1 atom stereocenters. The molecule has 0 fully saturated rings. The van der Waals surface area contributed by atoms with Crippen molar-refractivity contribution in [1.82, 2.24) is 9.71 Å². The third-order valence-electron chi connectivity index (χ3n) is 5.03. The minimum Gasteiger partial charge on any atom is -0.305 e. The van der Waals surface area contributed by atoms with E-state index in [0.29, 0.717) is 12.0 Å². The highest BCUT2D eigenvalue weighted by Crippen LogP contribution is 2.35. The molecule has 1 N–H and O–H groups in total. The molecule has 1 aliphatic rings. The fourth-order valence-electron chi connectivity index (χ4n) is 3.57. The van der Waals surface area contributed by atoms with Crippen LogP contribution in [-0.4, -0.2) is 25.4 Å². The highest BCUT2D eigenvalue weighted by Gasteiger charge is 2.32. The van der Waals surface area contributed by atoms with Crippen LogP contribution in [0.2, 0.25) is 0 Å². The van der Waals surface area contributed by atoms with Gasteiger partial charge in [-0.25, -0.2) is 13.1 Å². The number of hydrogen-bond acceptors (Lipinski definition) is 4. The third kappa shape index (κ3) is 3.92. The zero-order chi connectivity index (χ0) is 20.4. The molecule has 3 aromatic rings. The van der Waals surface area contributed by atoms with Crippen molar-refractivity contribution in [2.75, 3.05) is 4.90 Å². The summed E-state index contributed by atoms with van der Waals surface area (Å²) in [6.07, 6.45) is 3.86. The van der Waals surface area contributed by atoms with E-state index >= 15 is 0 Å². The number of anilines is 1. The maximum atomic E-state index is 13.0. The number of sulfonamides is 1. The van der Waals surface area contributed by atoms with Crippen LogP contribution in [0.4, 0.5) is 5.69 Å². The highest BCUT2D eigenvalue weighted by atomic mass is 32.2. The third-order valence-corrected chi connectivity index (χ3v) is 6.43. The van der Waals surface area contributed by atoms with Crippen molar-refractivity contribution < 1.29 is 13.2 Å². The summed E-state index contributed by atoms with van der Waals surface area (Å²) in [6, 6.07) is 17.5. The molecule has 2 aromatic carbocycles. The zero-order valence-electron chi connectivity index (χ0n) is 15.9. The van der Waals surface area contributed by atoms with Crippen LogP contribution in [0.5, 0.6) is 0 Å². The largest absolute Gasteiger partial charge is 0.305 e. The molecular formula is C22H21N3O3S. The Morgan fingerprint density at radius 3 is 2.55 bits per heavy atom. The number of carbonyl (C=O) groups is 1. The van der Waals surface area contributed by atoms with Gasteiger partial charge in [-0.05, 0) is 66.9 Å². The Kier molecular flexibility index (Phi) is 5.17. The van der Waals surface area contributed by atoms with E-state index in [2.05, 4.69) is 9.71 Å². The lowest BCUT2D eigenvalue weighted by molar-refractivity contribution is 0.0981. The van der Waals surface area contributed by atoms with Crippen LogP contribution in [0.15, 0.2) is 78.0 Å². The Morgan fingerprint density at radius 2 is 1.83 bits per heavy atom. The molecule has 1 amide bonds. The standard InChI is InChI=1S/C22H21N3O3S/c1-16-13-19-14-20(29(27,28)24-15-17-9-11-23-12-10-17)7-8-21(19)25(16)22(26)18-5-3-2-4-6-18/h2-12,14,16,24H,13,15H2,1H3/t16-/m0/s1. The van der Waals surface area contributed by atoms with E-state index < -0.39 is 10.0 Å². The number of aromatic nitrogens is 1. The first-order valence-corrected chi connectivity index (χ1v) is 10.8. The van der Waals surface area contributed by atoms with E-state index in [1.165, 1.54) is 0 Å². The van der Waals surface area contributed by atoms with Crippen molar-refractivity contribution in [2.24, 2.45) is 0 Å². The summed E-state index contributed by atoms with van der Waals surface area (Å²) in [5.41, 5.74) is 3.06. The number of nitrogens with zero attached hydrogens (tertiary/aromatic N) is 2. The summed E-state index contributed by atoms with van der Waals surface area (Å²) < 4.78 is 28.1. The van der Waals surface area contributed by atoms with Crippen molar-refractivity contribution >= 4 is 21.6 Å². The lowest BCUT2D eigenvalue weighted by atomic mass is 10.1. The molecule has 0 saturated heterocycles. The van der Waals surface area contributed by atoms with Crippen molar-refractivity contribution in [3.8, 4) is 0 Å². The topological polar surface area (TPSA) is 79.4 Å². The molecule has 148 valence electrons. The summed E-state index contributed by atoms with van der Waals surface area (Å²) in [5.74, 6) is -0.0803. The summed E-state index contributed by atoms with van der Waals surface area (Å²) in [5, 5.41) is 0. The quantitative estimate of drug-likeness (QED) is 0.705. The van der Waals surface area contributed by atoms with Gasteiger partial charge in [0.05, 0.1) is 4.90 Å². The van der Waals surface area contributed by atoms with Crippen molar-refractivity contribution in [3.05, 3.63) is 89.7 Å². The lowest BCUT2D eigenvalue weighted by Gasteiger charge is -2.23. The molecule has 0 radical (unpaired) electrons. The minimum absolute atomic E-state index is 0.0413. The van der Waals surface area contributed by atoms with Gasteiger partial charge in [0.2, 0.25) is 10.0 Å². The number of nitrogens with one attached hydrogen (secondary N) is 1. The van der Waals surface area contributed by atoms with Gasteiger partial charge in [-0.15, -0.1) is 0 Å². The number of rotatable bonds is 5. The molecule has 0 spiro atoms. The van der Waals surface area contributed by atoms with Crippen LogP contribution in [-0.2, 0) is 23.0 Å². The first kappa shape index (κ1) is 19.3. The van der Waals surface area contributed by atoms with Gasteiger partial charge >= 0.3 is 0 Å². The zero-order valence-corrected chi connectivity index (χ0v) is 16.8. The lowest BCUT2D eigenvalue weighted by Crippen LogP contribution is -2.35.